The van der Waals surface area contributed by atoms with Crippen LogP contribution >= 0.6 is 0 Å². The maximum Gasteiger partial charge on any atom is 0.244 e. The van der Waals surface area contributed by atoms with Crippen LogP contribution in [0.5, 0.6) is 0 Å². The quantitative estimate of drug-likeness (QED) is 0.946. The molecule has 0 spiro atoms. The second kappa shape index (κ2) is 6.02. The monoisotopic (exact) mass is 294 g/mol. The van der Waals surface area contributed by atoms with E-state index in [4.69, 9.17) is 0 Å². The SMILES string of the molecule is Cc1ccc(CCC(=O)N2CC(=O)Nc3ccccc32)cc1. The maximum absolute atomic E-state index is 12.5. The van der Waals surface area contributed by atoms with E-state index in [1.165, 1.54) is 5.56 Å². The van der Waals surface area contributed by atoms with Gasteiger partial charge in [-0.2, -0.15) is 0 Å². The van der Waals surface area contributed by atoms with Gasteiger partial charge in [0.05, 0.1) is 11.4 Å². The lowest BCUT2D eigenvalue weighted by Gasteiger charge is -2.29. The minimum absolute atomic E-state index is 0.0251. The summed E-state index contributed by atoms with van der Waals surface area (Å²) in [5.41, 5.74) is 3.81. The first-order valence-electron chi connectivity index (χ1n) is 7.38. The molecule has 1 N–H and O–H groups in total. The van der Waals surface area contributed by atoms with E-state index >= 15 is 0 Å². The molecule has 1 aliphatic rings. The van der Waals surface area contributed by atoms with Gasteiger partial charge >= 0.3 is 0 Å². The summed E-state index contributed by atoms with van der Waals surface area (Å²) in [5, 5.41) is 2.79. The molecule has 0 atom stereocenters. The van der Waals surface area contributed by atoms with Crippen LogP contribution in [0.25, 0.3) is 0 Å². The molecule has 2 amide bonds. The first-order valence-corrected chi connectivity index (χ1v) is 7.38. The smallest absolute Gasteiger partial charge is 0.244 e. The average molecular weight is 294 g/mol. The molecule has 0 saturated heterocycles. The van der Waals surface area contributed by atoms with E-state index in [1.807, 2.05) is 55.5 Å². The molecule has 0 fully saturated rings. The highest BCUT2D eigenvalue weighted by Crippen LogP contribution is 2.29. The molecule has 0 radical (unpaired) electrons. The van der Waals surface area contributed by atoms with E-state index in [9.17, 15) is 9.59 Å². The van der Waals surface area contributed by atoms with Crippen molar-refractivity contribution in [3.05, 3.63) is 59.7 Å². The Morgan fingerprint density at radius 2 is 1.86 bits per heavy atom. The molecule has 4 nitrogen and oxygen atoms in total. The largest absolute Gasteiger partial charge is 0.323 e. The molecule has 3 rings (SSSR count). The van der Waals surface area contributed by atoms with Gasteiger partial charge in [-0.1, -0.05) is 42.0 Å². The summed E-state index contributed by atoms with van der Waals surface area (Å²) in [6.07, 6.45) is 1.07. The summed E-state index contributed by atoms with van der Waals surface area (Å²) < 4.78 is 0. The van der Waals surface area contributed by atoms with Gasteiger partial charge < -0.3 is 10.2 Å². The third-order valence-corrected chi connectivity index (χ3v) is 3.82. The van der Waals surface area contributed by atoms with Gasteiger partial charge in [0.25, 0.3) is 0 Å². The van der Waals surface area contributed by atoms with Crippen molar-refractivity contribution in [1.29, 1.82) is 0 Å². The van der Waals surface area contributed by atoms with Crippen LogP contribution in [0.2, 0.25) is 0 Å². The molecule has 4 heteroatoms. The highest BCUT2D eigenvalue weighted by Gasteiger charge is 2.26. The topological polar surface area (TPSA) is 49.4 Å². The third kappa shape index (κ3) is 3.01. The zero-order valence-corrected chi connectivity index (χ0v) is 12.5. The Bertz CT molecular complexity index is 707. The Morgan fingerprint density at radius 3 is 2.64 bits per heavy atom. The Hall–Kier alpha value is -2.62. The van der Waals surface area contributed by atoms with Crippen LogP contribution in [0.15, 0.2) is 48.5 Å². The van der Waals surface area contributed by atoms with E-state index < -0.39 is 0 Å². The minimum Gasteiger partial charge on any atom is -0.323 e. The Labute approximate surface area is 129 Å². The van der Waals surface area contributed by atoms with Crippen LogP contribution in [0.4, 0.5) is 11.4 Å². The first-order chi connectivity index (χ1) is 10.6. The van der Waals surface area contributed by atoms with Gasteiger partial charge in [0.1, 0.15) is 6.54 Å². The van der Waals surface area contributed by atoms with Gasteiger partial charge in [-0.25, -0.2) is 0 Å². The summed E-state index contributed by atoms with van der Waals surface area (Å²) in [5.74, 6) is -0.176. The van der Waals surface area contributed by atoms with Crippen LogP contribution in [0, 0.1) is 6.92 Å². The zero-order chi connectivity index (χ0) is 15.5. The van der Waals surface area contributed by atoms with Gasteiger partial charge in [-0.15, -0.1) is 0 Å². The number of nitrogens with one attached hydrogen (secondary N) is 1. The van der Waals surface area contributed by atoms with Crippen molar-refractivity contribution in [1.82, 2.24) is 0 Å². The second-order valence-corrected chi connectivity index (χ2v) is 5.53. The molecule has 0 bridgehead atoms. The predicted octanol–water partition coefficient (Wildman–Crippen LogP) is 2.91. The maximum atomic E-state index is 12.5. The molecule has 0 saturated carbocycles. The lowest BCUT2D eigenvalue weighted by atomic mass is 10.1. The van der Waals surface area contributed by atoms with Crippen molar-refractivity contribution in [2.24, 2.45) is 0 Å². The van der Waals surface area contributed by atoms with Crippen molar-refractivity contribution < 1.29 is 9.59 Å². The van der Waals surface area contributed by atoms with E-state index in [-0.39, 0.29) is 18.4 Å². The number of carbonyl (C=O) groups excluding carboxylic acids is 2. The summed E-state index contributed by atoms with van der Waals surface area (Å²) in [6, 6.07) is 15.6. The van der Waals surface area contributed by atoms with E-state index in [2.05, 4.69) is 5.32 Å². The molecule has 0 unspecified atom stereocenters. The standard InChI is InChI=1S/C18H18N2O2/c1-13-6-8-14(9-7-13)10-11-18(22)20-12-17(21)19-15-4-2-3-5-16(15)20/h2-9H,10-12H2,1H3,(H,19,21). The van der Waals surface area contributed by atoms with Crippen LogP contribution in [0.3, 0.4) is 0 Å². The van der Waals surface area contributed by atoms with Gasteiger partial charge in [-0.3, -0.25) is 9.59 Å². The van der Waals surface area contributed by atoms with Gasteiger partial charge in [0.2, 0.25) is 11.8 Å². The molecule has 2 aromatic carbocycles. The fourth-order valence-corrected chi connectivity index (χ4v) is 2.60. The summed E-state index contributed by atoms with van der Waals surface area (Å²) in [4.78, 5) is 25.8. The number of nitrogens with zero attached hydrogens (tertiary/aromatic N) is 1. The molecule has 1 aliphatic heterocycles. The molecule has 22 heavy (non-hydrogen) atoms. The highest BCUT2D eigenvalue weighted by atomic mass is 16.2. The second-order valence-electron chi connectivity index (χ2n) is 5.53. The molecule has 112 valence electrons. The molecule has 1 heterocycles. The van der Waals surface area contributed by atoms with Gasteiger partial charge in [0, 0.05) is 6.42 Å². The molecule has 2 aromatic rings. The predicted molar refractivity (Wildman–Crippen MR) is 86.9 cm³/mol. The normalized spacial score (nSPS) is 13.5. The first kappa shape index (κ1) is 14.3. The number of amides is 2. The average Bonchev–Trinajstić information content (AvgIpc) is 2.53. The van der Waals surface area contributed by atoms with Crippen LogP contribution in [-0.4, -0.2) is 18.4 Å². The van der Waals surface area contributed by atoms with E-state index in [0.717, 1.165) is 11.3 Å². The van der Waals surface area contributed by atoms with Crippen molar-refractivity contribution in [2.45, 2.75) is 19.8 Å². The Morgan fingerprint density at radius 1 is 1.14 bits per heavy atom. The van der Waals surface area contributed by atoms with Crippen molar-refractivity contribution >= 4 is 23.2 Å². The summed E-state index contributed by atoms with van der Waals surface area (Å²) in [7, 11) is 0. The van der Waals surface area contributed by atoms with Crippen LogP contribution in [0.1, 0.15) is 17.5 Å². The van der Waals surface area contributed by atoms with Gasteiger partial charge in [0.15, 0.2) is 0 Å². The van der Waals surface area contributed by atoms with E-state index in [0.29, 0.717) is 18.5 Å². The summed E-state index contributed by atoms with van der Waals surface area (Å²) >= 11 is 0. The number of fused-ring (bicyclic) bond motifs is 1. The number of carbonyl (C=O) groups is 2. The number of para-hydroxylation sites is 2. The van der Waals surface area contributed by atoms with Crippen molar-refractivity contribution in [3.63, 3.8) is 0 Å². The lowest BCUT2D eigenvalue weighted by Crippen LogP contribution is -2.42. The number of benzene rings is 2. The summed E-state index contributed by atoms with van der Waals surface area (Å²) in [6.45, 7) is 2.13. The van der Waals surface area contributed by atoms with Crippen molar-refractivity contribution in [2.75, 3.05) is 16.8 Å². The fourth-order valence-electron chi connectivity index (χ4n) is 2.60. The van der Waals surface area contributed by atoms with Crippen LogP contribution < -0.4 is 10.2 Å². The lowest BCUT2D eigenvalue weighted by molar-refractivity contribution is -0.121. The highest BCUT2D eigenvalue weighted by molar-refractivity contribution is 6.09. The molecular formula is C18H18N2O2. The van der Waals surface area contributed by atoms with Crippen LogP contribution in [-0.2, 0) is 16.0 Å². The minimum atomic E-state index is -0.151. The number of hydrogen-bond acceptors (Lipinski definition) is 2. The van der Waals surface area contributed by atoms with Crippen molar-refractivity contribution in [3.8, 4) is 0 Å². The van der Waals surface area contributed by atoms with E-state index in [1.54, 1.807) is 4.90 Å². The Balaban J connectivity index is 1.72. The molecule has 0 aromatic heterocycles. The van der Waals surface area contributed by atoms with Gasteiger partial charge in [-0.05, 0) is 31.0 Å². The number of hydrogen-bond donors (Lipinski definition) is 1. The number of rotatable bonds is 3. The third-order valence-electron chi connectivity index (χ3n) is 3.82. The fraction of sp³-hybridized carbons (Fsp3) is 0.222. The Kier molecular flexibility index (Phi) is 3.92. The number of aryl methyl sites for hydroxylation is 2. The number of anilines is 2. The molecular weight excluding hydrogens is 276 g/mol. The molecule has 0 aliphatic carbocycles. The zero-order valence-electron chi connectivity index (χ0n) is 12.5.